The van der Waals surface area contributed by atoms with Crippen LogP contribution >= 0.6 is 15.9 Å². The molecule has 0 aliphatic carbocycles. The van der Waals surface area contributed by atoms with Crippen LogP contribution in [0.25, 0.3) is 0 Å². The van der Waals surface area contributed by atoms with Crippen molar-refractivity contribution in [2.45, 2.75) is 13.0 Å². The first-order valence-electron chi connectivity index (χ1n) is 5.46. The Morgan fingerprint density at radius 1 is 1.59 bits per heavy atom. The van der Waals surface area contributed by atoms with E-state index in [9.17, 15) is 4.79 Å². The van der Waals surface area contributed by atoms with Crippen LogP contribution in [0.2, 0.25) is 0 Å². The molecule has 2 rings (SSSR count). The fourth-order valence-electron chi connectivity index (χ4n) is 2.14. The van der Waals surface area contributed by atoms with Crippen LogP contribution in [0, 0.1) is 0 Å². The molecule has 1 aromatic rings. The minimum atomic E-state index is -0.285. The molecule has 0 fully saturated rings. The highest BCUT2D eigenvalue weighted by molar-refractivity contribution is 9.10. The molecule has 5 heteroatoms. The van der Waals surface area contributed by atoms with E-state index in [0.717, 1.165) is 29.7 Å². The number of carbonyl (C=O) groups excluding carboxylic acids is 1. The highest BCUT2D eigenvalue weighted by atomic mass is 79.9. The Morgan fingerprint density at radius 3 is 3.00 bits per heavy atom. The van der Waals surface area contributed by atoms with Crippen LogP contribution in [-0.2, 0) is 17.8 Å². The van der Waals surface area contributed by atoms with Crippen molar-refractivity contribution in [3.63, 3.8) is 0 Å². The summed E-state index contributed by atoms with van der Waals surface area (Å²) in [6.45, 7) is 1.91. The van der Waals surface area contributed by atoms with E-state index in [1.165, 1.54) is 11.1 Å². The number of hydrogen-bond acceptors (Lipinski definition) is 3. The molecule has 17 heavy (non-hydrogen) atoms. The molecule has 0 saturated carbocycles. The number of carbonyl (C=O) groups is 1. The fourth-order valence-corrected chi connectivity index (χ4v) is 2.81. The van der Waals surface area contributed by atoms with Gasteiger partial charge in [-0.25, -0.2) is 0 Å². The van der Waals surface area contributed by atoms with Crippen LogP contribution in [0.5, 0.6) is 5.75 Å². The molecule has 0 saturated heterocycles. The summed E-state index contributed by atoms with van der Waals surface area (Å²) in [4.78, 5) is 13.0. The van der Waals surface area contributed by atoms with Crippen molar-refractivity contribution < 1.29 is 9.53 Å². The van der Waals surface area contributed by atoms with Crippen molar-refractivity contribution in [2.24, 2.45) is 5.73 Å². The van der Waals surface area contributed by atoms with Gasteiger partial charge in [0.05, 0.1) is 18.1 Å². The Bertz CT molecular complexity index is 448. The van der Waals surface area contributed by atoms with Crippen molar-refractivity contribution in [3.8, 4) is 5.75 Å². The zero-order chi connectivity index (χ0) is 12.4. The number of fused-ring (bicyclic) bond motifs is 1. The molecule has 0 aromatic heterocycles. The Hall–Kier alpha value is -1.07. The van der Waals surface area contributed by atoms with Crippen LogP contribution in [-0.4, -0.2) is 31.0 Å². The van der Waals surface area contributed by atoms with Gasteiger partial charge in [-0.05, 0) is 39.5 Å². The molecule has 0 spiro atoms. The van der Waals surface area contributed by atoms with Gasteiger partial charge in [0.1, 0.15) is 5.75 Å². The third kappa shape index (κ3) is 2.61. The molecule has 4 nitrogen and oxygen atoms in total. The predicted molar refractivity (Wildman–Crippen MR) is 68.9 cm³/mol. The van der Waals surface area contributed by atoms with Crippen LogP contribution in [0.3, 0.4) is 0 Å². The highest BCUT2D eigenvalue weighted by Crippen LogP contribution is 2.34. The Labute approximate surface area is 109 Å². The molecule has 0 bridgehead atoms. The van der Waals surface area contributed by atoms with E-state index in [-0.39, 0.29) is 5.91 Å². The van der Waals surface area contributed by atoms with Crippen molar-refractivity contribution >= 4 is 21.8 Å². The third-order valence-corrected chi connectivity index (χ3v) is 3.85. The molecule has 1 heterocycles. The topological polar surface area (TPSA) is 55.6 Å². The zero-order valence-electron chi connectivity index (χ0n) is 9.70. The number of benzene rings is 1. The van der Waals surface area contributed by atoms with Gasteiger partial charge in [-0.1, -0.05) is 6.07 Å². The molecule has 1 amide bonds. The predicted octanol–water partition coefficient (Wildman–Crippen LogP) is 1.30. The van der Waals surface area contributed by atoms with Gasteiger partial charge >= 0.3 is 0 Å². The lowest BCUT2D eigenvalue weighted by atomic mass is 9.99. The zero-order valence-corrected chi connectivity index (χ0v) is 11.3. The minimum absolute atomic E-state index is 0.285. The van der Waals surface area contributed by atoms with Gasteiger partial charge in [-0.15, -0.1) is 0 Å². The van der Waals surface area contributed by atoms with Crippen LogP contribution in [0.15, 0.2) is 16.6 Å². The first-order chi connectivity index (χ1) is 8.11. The molecule has 0 radical (unpaired) electrons. The Morgan fingerprint density at radius 2 is 2.35 bits per heavy atom. The van der Waals surface area contributed by atoms with Gasteiger partial charge in [0, 0.05) is 13.1 Å². The number of rotatable bonds is 3. The quantitative estimate of drug-likeness (QED) is 0.915. The molecule has 92 valence electrons. The summed E-state index contributed by atoms with van der Waals surface area (Å²) in [5, 5.41) is 0. The summed E-state index contributed by atoms with van der Waals surface area (Å²) < 4.78 is 6.25. The maximum absolute atomic E-state index is 10.9. The highest BCUT2D eigenvalue weighted by Gasteiger charge is 2.21. The summed E-state index contributed by atoms with van der Waals surface area (Å²) in [5.41, 5.74) is 7.72. The van der Waals surface area contributed by atoms with Crippen molar-refractivity contribution in [2.75, 3.05) is 20.2 Å². The van der Waals surface area contributed by atoms with Crippen molar-refractivity contribution in [1.29, 1.82) is 0 Å². The molecule has 1 aliphatic heterocycles. The largest absolute Gasteiger partial charge is 0.496 e. The van der Waals surface area contributed by atoms with Crippen molar-refractivity contribution in [1.82, 2.24) is 4.90 Å². The molecule has 0 atom stereocenters. The molecule has 0 unspecified atom stereocenters. The summed E-state index contributed by atoms with van der Waals surface area (Å²) in [6.07, 6.45) is 0.936. The number of ether oxygens (including phenoxy) is 1. The van der Waals surface area contributed by atoms with Crippen LogP contribution in [0.4, 0.5) is 0 Å². The van der Waals surface area contributed by atoms with E-state index in [1.54, 1.807) is 7.11 Å². The van der Waals surface area contributed by atoms with Gasteiger partial charge < -0.3 is 10.5 Å². The molecular weight excluding hydrogens is 284 g/mol. The summed E-state index contributed by atoms with van der Waals surface area (Å²) >= 11 is 3.55. The van der Waals surface area contributed by atoms with E-state index in [1.807, 2.05) is 6.07 Å². The molecule has 1 aliphatic rings. The summed E-state index contributed by atoms with van der Waals surface area (Å²) in [7, 11) is 1.65. The van der Waals surface area contributed by atoms with E-state index >= 15 is 0 Å². The SMILES string of the molecule is COc1ccc2c(c1Br)CN(CC(N)=O)CC2. The number of halogens is 1. The Balaban J connectivity index is 2.26. The second kappa shape index (κ2) is 5.06. The van der Waals surface area contributed by atoms with Crippen LogP contribution < -0.4 is 10.5 Å². The number of nitrogens with zero attached hydrogens (tertiary/aromatic N) is 1. The smallest absolute Gasteiger partial charge is 0.231 e. The second-order valence-electron chi connectivity index (χ2n) is 4.15. The average molecular weight is 299 g/mol. The third-order valence-electron chi connectivity index (χ3n) is 2.98. The first-order valence-corrected chi connectivity index (χ1v) is 6.26. The number of amides is 1. The maximum Gasteiger partial charge on any atom is 0.231 e. The number of methoxy groups -OCH3 is 1. The van der Waals surface area contributed by atoms with Crippen molar-refractivity contribution in [3.05, 3.63) is 27.7 Å². The Kier molecular flexibility index (Phi) is 3.69. The van der Waals surface area contributed by atoms with Gasteiger partial charge in [0.2, 0.25) is 5.91 Å². The summed E-state index contributed by atoms with van der Waals surface area (Å²) in [5.74, 6) is 0.539. The average Bonchev–Trinajstić information content (AvgIpc) is 2.29. The van der Waals surface area contributed by atoms with Gasteiger partial charge in [-0.2, -0.15) is 0 Å². The lowest BCUT2D eigenvalue weighted by Gasteiger charge is -2.28. The normalized spacial score (nSPS) is 15.4. The molecule has 1 aromatic carbocycles. The fraction of sp³-hybridized carbons (Fsp3) is 0.417. The maximum atomic E-state index is 10.9. The molecule has 2 N–H and O–H groups in total. The lowest BCUT2D eigenvalue weighted by molar-refractivity contribution is -0.119. The minimum Gasteiger partial charge on any atom is -0.496 e. The second-order valence-corrected chi connectivity index (χ2v) is 4.94. The van der Waals surface area contributed by atoms with E-state index in [4.69, 9.17) is 10.5 Å². The van der Waals surface area contributed by atoms with Gasteiger partial charge in [0.15, 0.2) is 0 Å². The van der Waals surface area contributed by atoms with E-state index in [0.29, 0.717) is 6.54 Å². The standard InChI is InChI=1S/C12H15BrN2O2/c1-17-10-3-2-8-4-5-15(7-11(14)16)6-9(8)12(10)13/h2-3H,4-7H2,1H3,(H2,14,16). The number of primary amides is 1. The van der Waals surface area contributed by atoms with E-state index < -0.39 is 0 Å². The molecular formula is C12H15BrN2O2. The number of hydrogen-bond donors (Lipinski definition) is 1. The van der Waals surface area contributed by atoms with Gasteiger partial charge in [-0.3, -0.25) is 9.69 Å². The first kappa shape index (κ1) is 12.4. The van der Waals surface area contributed by atoms with Crippen LogP contribution in [0.1, 0.15) is 11.1 Å². The monoisotopic (exact) mass is 298 g/mol. The lowest BCUT2D eigenvalue weighted by Crippen LogP contribution is -2.37. The van der Waals surface area contributed by atoms with Gasteiger partial charge in [0.25, 0.3) is 0 Å². The van der Waals surface area contributed by atoms with E-state index in [2.05, 4.69) is 26.9 Å². The number of nitrogens with two attached hydrogens (primary N) is 1. The summed E-state index contributed by atoms with van der Waals surface area (Å²) in [6, 6.07) is 4.05.